The lowest BCUT2D eigenvalue weighted by Crippen LogP contribution is -2.38. The highest BCUT2D eigenvalue weighted by Gasteiger charge is 2.47. The summed E-state index contributed by atoms with van der Waals surface area (Å²) < 4.78 is 11.4. The van der Waals surface area contributed by atoms with Crippen LogP contribution in [0.2, 0.25) is 0 Å². The monoisotopic (exact) mass is 276 g/mol. The maximum atomic E-state index is 12.1. The van der Waals surface area contributed by atoms with Crippen molar-refractivity contribution >= 4 is 6.09 Å². The van der Waals surface area contributed by atoms with Crippen LogP contribution >= 0.6 is 0 Å². The SMILES string of the molecule is CC(C)(C)OC(=O)N1CCC2(C1)OCc1ccncc12. The number of nitrogens with zero attached hydrogens (tertiary/aromatic N) is 2. The Hall–Kier alpha value is -1.62. The van der Waals surface area contributed by atoms with Gasteiger partial charge in [-0.1, -0.05) is 0 Å². The van der Waals surface area contributed by atoms with Crippen molar-refractivity contribution in [3.63, 3.8) is 0 Å². The largest absolute Gasteiger partial charge is 0.444 e. The summed E-state index contributed by atoms with van der Waals surface area (Å²) in [6.45, 7) is 7.43. The highest BCUT2D eigenvalue weighted by Crippen LogP contribution is 2.43. The minimum atomic E-state index is -0.469. The van der Waals surface area contributed by atoms with E-state index in [2.05, 4.69) is 4.98 Å². The van der Waals surface area contributed by atoms with Crippen LogP contribution in [0.25, 0.3) is 0 Å². The molecule has 1 amide bonds. The van der Waals surface area contributed by atoms with Gasteiger partial charge in [-0.25, -0.2) is 4.79 Å². The molecule has 0 bridgehead atoms. The Kier molecular flexibility index (Phi) is 2.97. The summed E-state index contributed by atoms with van der Waals surface area (Å²) in [5.74, 6) is 0. The summed E-state index contributed by atoms with van der Waals surface area (Å²) in [5.41, 5.74) is 1.43. The van der Waals surface area contributed by atoms with E-state index in [0.29, 0.717) is 19.7 Å². The van der Waals surface area contributed by atoms with E-state index in [9.17, 15) is 4.79 Å². The molecule has 5 nitrogen and oxygen atoms in total. The molecule has 0 aliphatic carbocycles. The first-order valence-corrected chi connectivity index (χ1v) is 6.95. The van der Waals surface area contributed by atoms with E-state index in [1.807, 2.05) is 33.0 Å². The standard InChI is InChI=1S/C15H20N2O3/c1-14(2,3)20-13(18)17-7-5-15(10-17)12-8-16-6-4-11(12)9-19-15/h4,6,8H,5,7,9-10H2,1-3H3. The number of pyridine rings is 1. The smallest absolute Gasteiger partial charge is 0.410 e. The van der Waals surface area contributed by atoms with Gasteiger partial charge in [0.25, 0.3) is 0 Å². The summed E-state index contributed by atoms with van der Waals surface area (Å²) in [6, 6.07) is 1.99. The number of aromatic nitrogens is 1. The molecule has 1 unspecified atom stereocenters. The molecule has 0 radical (unpaired) electrons. The van der Waals surface area contributed by atoms with Gasteiger partial charge in [-0.3, -0.25) is 4.98 Å². The lowest BCUT2D eigenvalue weighted by Gasteiger charge is -2.27. The van der Waals surface area contributed by atoms with Crippen molar-refractivity contribution in [2.75, 3.05) is 13.1 Å². The zero-order chi connectivity index (χ0) is 14.4. The second-order valence-electron chi connectivity index (χ2n) is 6.47. The van der Waals surface area contributed by atoms with E-state index in [0.717, 1.165) is 12.0 Å². The molecule has 1 aromatic heterocycles. The Labute approximate surface area is 118 Å². The van der Waals surface area contributed by atoms with Crippen LogP contribution < -0.4 is 0 Å². The summed E-state index contributed by atoms with van der Waals surface area (Å²) in [7, 11) is 0. The first kappa shape index (κ1) is 13.4. The topological polar surface area (TPSA) is 51.7 Å². The van der Waals surface area contributed by atoms with E-state index in [1.165, 1.54) is 5.56 Å². The predicted molar refractivity (Wildman–Crippen MR) is 73.1 cm³/mol. The van der Waals surface area contributed by atoms with Gasteiger partial charge in [-0.2, -0.15) is 0 Å². The van der Waals surface area contributed by atoms with Crippen LogP contribution in [-0.4, -0.2) is 34.7 Å². The number of ether oxygens (including phenoxy) is 2. The van der Waals surface area contributed by atoms with Crippen LogP contribution in [0, 0.1) is 0 Å². The molecule has 108 valence electrons. The molecule has 1 spiro atoms. The van der Waals surface area contributed by atoms with Crippen LogP contribution in [0.15, 0.2) is 18.5 Å². The average molecular weight is 276 g/mol. The van der Waals surface area contributed by atoms with Crippen molar-refractivity contribution < 1.29 is 14.3 Å². The third-order valence-corrected chi connectivity index (χ3v) is 3.79. The Bertz CT molecular complexity index is 538. The summed E-state index contributed by atoms with van der Waals surface area (Å²) in [6.07, 6.45) is 4.17. The number of likely N-dealkylation sites (tertiary alicyclic amines) is 1. The Morgan fingerprint density at radius 3 is 3.05 bits per heavy atom. The summed E-state index contributed by atoms with van der Waals surface area (Å²) in [4.78, 5) is 18.1. The van der Waals surface area contributed by atoms with Gasteiger partial charge in [0.05, 0.1) is 13.2 Å². The van der Waals surface area contributed by atoms with Gasteiger partial charge in [-0.15, -0.1) is 0 Å². The van der Waals surface area contributed by atoms with E-state index >= 15 is 0 Å². The molecule has 0 saturated carbocycles. The molecule has 1 aromatic rings. The van der Waals surface area contributed by atoms with Crippen LogP contribution in [0.3, 0.4) is 0 Å². The van der Waals surface area contributed by atoms with Gasteiger partial charge in [0.2, 0.25) is 0 Å². The van der Waals surface area contributed by atoms with E-state index in [1.54, 1.807) is 11.1 Å². The molecule has 5 heteroatoms. The Balaban J connectivity index is 1.76. The third kappa shape index (κ3) is 2.26. The summed E-state index contributed by atoms with van der Waals surface area (Å²) in [5, 5.41) is 0. The predicted octanol–water partition coefficient (Wildman–Crippen LogP) is 2.45. The fourth-order valence-electron chi connectivity index (χ4n) is 2.85. The molecule has 20 heavy (non-hydrogen) atoms. The molecule has 1 saturated heterocycles. The Morgan fingerprint density at radius 1 is 1.50 bits per heavy atom. The number of rotatable bonds is 0. The van der Waals surface area contributed by atoms with Crippen molar-refractivity contribution in [3.05, 3.63) is 29.6 Å². The molecular weight excluding hydrogens is 256 g/mol. The minimum Gasteiger partial charge on any atom is -0.444 e. The number of carbonyl (C=O) groups is 1. The van der Waals surface area contributed by atoms with Gasteiger partial charge in [-0.05, 0) is 32.4 Å². The lowest BCUT2D eigenvalue weighted by molar-refractivity contribution is -0.0328. The van der Waals surface area contributed by atoms with Crippen molar-refractivity contribution in [2.45, 2.75) is 45.0 Å². The van der Waals surface area contributed by atoms with Crippen molar-refractivity contribution in [3.8, 4) is 0 Å². The van der Waals surface area contributed by atoms with Crippen LogP contribution in [-0.2, 0) is 21.7 Å². The van der Waals surface area contributed by atoms with Gasteiger partial charge < -0.3 is 14.4 Å². The molecule has 1 fully saturated rings. The van der Waals surface area contributed by atoms with Gasteiger partial charge in [0, 0.05) is 30.9 Å². The molecule has 0 N–H and O–H groups in total. The van der Waals surface area contributed by atoms with E-state index in [4.69, 9.17) is 9.47 Å². The zero-order valence-corrected chi connectivity index (χ0v) is 12.2. The highest BCUT2D eigenvalue weighted by molar-refractivity contribution is 5.69. The van der Waals surface area contributed by atoms with E-state index in [-0.39, 0.29) is 11.7 Å². The number of fused-ring (bicyclic) bond motifs is 2. The fourth-order valence-corrected chi connectivity index (χ4v) is 2.85. The maximum absolute atomic E-state index is 12.1. The maximum Gasteiger partial charge on any atom is 0.410 e. The van der Waals surface area contributed by atoms with Crippen molar-refractivity contribution in [1.82, 2.24) is 9.88 Å². The fraction of sp³-hybridized carbons (Fsp3) is 0.600. The molecular formula is C15H20N2O3. The number of amides is 1. The zero-order valence-electron chi connectivity index (χ0n) is 12.2. The first-order valence-electron chi connectivity index (χ1n) is 6.95. The minimum absolute atomic E-state index is 0.268. The normalized spacial score (nSPS) is 25.1. The van der Waals surface area contributed by atoms with Gasteiger partial charge in [0.15, 0.2) is 0 Å². The van der Waals surface area contributed by atoms with Crippen LogP contribution in [0.5, 0.6) is 0 Å². The summed E-state index contributed by atoms with van der Waals surface area (Å²) >= 11 is 0. The van der Waals surface area contributed by atoms with Gasteiger partial charge >= 0.3 is 6.09 Å². The van der Waals surface area contributed by atoms with Crippen molar-refractivity contribution in [1.29, 1.82) is 0 Å². The molecule has 1 atom stereocenters. The third-order valence-electron chi connectivity index (χ3n) is 3.79. The number of carbonyl (C=O) groups excluding carboxylic acids is 1. The molecule has 3 heterocycles. The molecule has 0 aromatic carbocycles. The van der Waals surface area contributed by atoms with Crippen LogP contribution in [0.4, 0.5) is 4.79 Å². The molecule has 3 rings (SSSR count). The Morgan fingerprint density at radius 2 is 2.30 bits per heavy atom. The molecule has 2 aliphatic rings. The molecule has 2 aliphatic heterocycles. The second-order valence-corrected chi connectivity index (χ2v) is 6.47. The lowest BCUT2D eigenvalue weighted by atomic mass is 9.93. The van der Waals surface area contributed by atoms with E-state index < -0.39 is 5.60 Å². The second kappa shape index (κ2) is 4.45. The number of hydrogen-bond donors (Lipinski definition) is 0. The quantitative estimate of drug-likeness (QED) is 0.730. The highest BCUT2D eigenvalue weighted by atomic mass is 16.6. The first-order chi connectivity index (χ1) is 9.40. The van der Waals surface area contributed by atoms with Crippen LogP contribution in [0.1, 0.15) is 38.3 Å². The van der Waals surface area contributed by atoms with Crippen molar-refractivity contribution in [2.24, 2.45) is 0 Å². The number of hydrogen-bond acceptors (Lipinski definition) is 4. The average Bonchev–Trinajstić information content (AvgIpc) is 2.95. The van der Waals surface area contributed by atoms with Gasteiger partial charge in [0.1, 0.15) is 11.2 Å².